The minimum absolute atomic E-state index is 0.0219. The summed E-state index contributed by atoms with van der Waals surface area (Å²) in [6.45, 7) is 3.66. The minimum atomic E-state index is -1.11. The van der Waals surface area contributed by atoms with Gasteiger partial charge in [-0.15, -0.1) is 0 Å². The molecule has 17 heavy (non-hydrogen) atoms. The molecule has 0 radical (unpaired) electrons. The molecule has 5 nitrogen and oxygen atoms in total. The molecule has 1 aromatic rings. The maximum atomic E-state index is 11.2. The number of benzene rings is 1. The van der Waals surface area contributed by atoms with Gasteiger partial charge in [-0.3, -0.25) is 0 Å². The van der Waals surface area contributed by atoms with Crippen molar-refractivity contribution >= 4 is 5.97 Å². The van der Waals surface area contributed by atoms with Gasteiger partial charge in [-0.2, -0.15) is 0 Å². The number of hydrogen-bond donors (Lipinski definition) is 1. The van der Waals surface area contributed by atoms with Crippen LogP contribution < -0.4 is 9.47 Å². The summed E-state index contributed by atoms with van der Waals surface area (Å²) in [6.07, 6.45) is -1.11. The first-order valence-corrected chi connectivity index (χ1v) is 4.98. The topological polar surface area (TPSA) is 65.0 Å². The molecule has 1 aliphatic rings. The second kappa shape index (κ2) is 4.47. The molecule has 1 N–H and O–H groups in total. The van der Waals surface area contributed by atoms with Gasteiger partial charge in [0.1, 0.15) is 6.10 Å². The highest BCUT2D eigenvalue weighted by Crippen LogP contribution is 2.35. The minimum Gasteiger partial charge on any atom is -0.466 e. The third-order valence-electron chi connectivity index (χ3n) is 2.49. The molecule has 0 fully saturated rings. The van der Waals surface area contributed by atoms with Crippen LogP contribution in [0.15, 0.2) is 30.4 Å². The molecule has 1 aliphatic heterocycles. The molecule has 2 rings (SSSR count). The van der Waals surface area contributed by atoms with Crippen molar-refractivity contribution in [2.24, 2.45) is 0 Å². The molecule has 90 valence electrons. The smallest absolute Gasteiger partial charge is 0.336 e. The first kappa shape index (κ1) is 11.5. The molecule has 0 bridgehead atoms. The molecule has 1 atom stereocenters. The van der Waals surface area contributed by atoms with E-state index < -0.39 is 12.1 Å². The summed E-state index contributed by atoms with van der Waals surface area (Å²) in [6, 6.07) is 4.93. The van der Waals surface area contributed by atoms with Crippen molar-refractivity contribution < 1.29 is 24.1 Å². The average Bonchev–Trinajstić information content (AvgIpc) is 2.83. The molecule has 5 heteroatoms. The Kier molecular flexibility index (Phi) is 3.01. The van der Waals surface area contributed by atoms with Crippen LogP contribution in [0, 0.1) is 0 Å². The van der Waals surface area contributed by atoms with E-state index in [1.165, 1.54) is 7.11 Å². The summed E-state index contributed by atoms with van der Waals surface area (Å²) in [4.78, 5) is 11.2. The zero-order valence-electron chi connectivity index (χ0n) is 9.30. The van der Waals surface area contributed by atoms with Gasteiger partial charge in [0.2, 0.25) is 6.79 Å². The average molecular weight is 236 g/mol. The Morgan fingerprint density at radius 1 is 1.47 bits per heavy atom. The van der Waals surface area contributed by atoms with Crippen LogP contribution >= 0.6 is 0 Å². The van der Waals surface area contributed by atoms with Crippen molar-refractivity contribution in [3.63, 3.8) is 0 Å². The molecule has 1 unspecified atom stereocenters. The quantitative estimate of drug-likeness (QED) is 0.630. The van der Waals surface area contributed by atoms with E-state index in [9.17, 15) is 9.90 Å². The summed E-state index contributed by atoms with van der Waals surface area (Å²) in [5.74, 6) is 0.513. The van der Waals surface area contributed by atoms with E-state index >= 15 is 0 Å². The number of fused-ring (bicyclic) bond motifs is 1. The van der Waals surface area contributed by atoms with Crippen molar-refractivity contribution in [1.82, 2.24) is 0 Å². The molecule has 0 spiro atoms. The third kappa shape index (κ3) is 2.09. The lowest BCUT2D eigenvalue weighted by atomic mass is 10.0. The Morgan fingerprint density at radius 2 is 2.18 bits per heavy atom. The number of ether oxygens (including phenoxy) is 3. The van der Waals surface area contributed by atoms with Crippen LogP contribution in [-0.2, 0) is 9.53 Å². The van der Waals surface area contributed by atoms with E-state index in [-0.39, 0.29) is 12.4 Å². The van der Waals surface area contributed by atoms with E-state index in [2.05, 4.69) is 11.3 Å². The summed E-state index contributed by atoms with van der Waals surface area (Å²) in [7, 11) is 1.24. The van der Waals surface area contributed by atoms with Crippen molar-refractivity contribution in [3.8, 4) is 11.5 Å². The summed E-state index contributed by atoms with van der Waals surface area (Å²) in [5.41, 5.74) is 0.482. The zero-order valence-corrected chi connectivity index (χ0v) is 9.30. The van der Waals surface area contributed by atoms with Crippen molar-refractivity contribution in [2.75, 3.05) is 13.9 Å². The molecule has 0 saturated carbocycles. The Hall–Kier alpha value is -2.01. The van der Waals surface area contributed by atoms with Crippen molar-refractivity contribution in [1.29, 1.82) is 0 Å². The van der Waals surface area contributed by atoms with Crippen LogP contribution in [0.5, 0.6) is 11.5 Å². The number of methoxy groups -OCH3 is 1. The highest BCUT2D eigenvalue weighted by Gasteiger charge is 2.22. The fraction of sp³-hybridized carbons (Fsp3) is 0.250. The number of rotatable bonds is 3. The molecular weight excluding hydrogens is 224 g/mol. The maximum Gasteiger partial charge on any atom is 0.336 e. The predicted molar refractivity (Wildman–Crippen MR) is 58.7 cm³/mol. The zero-order chi connectivity index (χ0) is 12.4. The number of hydrogen-bond acceptors (Lipinski definition) is 5. The van der Waals surface area contributed by atoms with E-state index in [1.54, 1.807) is 18.2 Å². The van der Waals surface area contributed by atoms with Gasteiger partial charge in [0.25, 0.3) is 0 Å². The van der Waals surface area contributed by atoms with Gasteiger partial charge in [0, 0.05) is 0 Å². The number of esters is 1. The van der Waals surface area contributed by atoms with Crippen molar-refractivity contribution in [2.45, 2.75) is 6.10 Å². The number of carbonyl (C=O) groups excluding carboxylic acids is 1. The molecule has 1 heterocycles. The van der Waals surface area contributed by atoms with Crippen LogP contribution in [0.25, 0.3) is 0 Å². The second-order valence-electron chi connectivity index (χ2n) is 3.53. The predicted octanol–water partition coefficient (Wildman–Crippen LogP) is 1.18. The van der Waals surface area contributed by atoms with Crippen LogP contribution in [0.2, 0.25) is 0 Å². The Morgan fingerprint density at radius 3 is 2.88 bits per heavy atom. The normalized spacial score (nSPS) is 14.2. The van der Waals surface area contributed by atoms with Gasteiger partial charge in [-0.1, -0.05) is 12.6 Å². The summed E-state index contributed by atoms with van der Waals surface area (Å²) in [5, 5.41) is 9.93. The van der Waals surface area contributed by atoms with Crippen LogP contribution in [-0.4, -0.2) is 25.0 Å². The van der Waals surface area contributed by atoms with E-state index in [0.29, 0.717) is 17.1 Å². The van der Waals surface area contributed by atoms with Gasteiger partial charge >= 0.3 is 5.97 Å². The Labute approximate surface area is 98.2 Å². The standard InChI is InChI=1S/C12H12O5/c1-7(12(14)15-2)11(13)8-3-4-9-10(5-8)17-6-16-9/h3-5,11,13H,1,6H2,2H3. The van der Waals surface area contributed by atoms with Crippen LogP contribution in [0.3, 0.4) is 0 Å². The first-order chi connectivity index (χ1) is 8.13. The lowest BCUT2D eigenvalue weighted by Crippen LogP contribution is -2.11. The van der Waals surface area contributed by atoms with Gasteiger partial charge in [-0.25, -0.2) is 4.79 Å². The van der Waals surface area contributed by atoms with Gasteiger partial charge in [-0.05, 0) is 17.7 Å². The molecule has 0 aliphatic carbocycles. The Bertz CT molecular complexity index is 466. The van der Waals surface area contributed by atoms with E-state index in [1.807, 2.05) is 0 Å². The first-order valence-electron chi connectivity index (χ1n) is 4.98. The van der Waals surface area contributed by atoms with Gasteiger partial charge < -0.3 is 19.3 Å². The SMILES string of the molecule is C=C(C(=O)OC)C(O)c1ccc2c(c1)OCO2. The third-order valence-corrected chi connectivity index (χ3v) is 2.49. The van der Waals surface area contributed by atoms with Crippen LogP contribution in [0.1, 0.15) is 11.7 Å². The number of aliphatic hydroxyl groups is 1. The molecule has 0 saturated heterocycles. The van der Waals surface area contributed by atoms with E-state index in [4.69, 9.17) is 9.47 Å². The van der Waals surface area contributed by atoms with Gasteiger partial charge in [0.05, 0.1) is 12.7 Å². The molecule has 0 amide bonds. The highest BCUT2D eigenvalue weighted by molar-refractivity contribution is 5.89. The second-order valence-corrected chi connectivity index (χ2v) is 3.53. The number of carbonyl (C=O) groups is 1. The summed E-state index contributed by atoms with van der Waals surface area (Å²) < 4.78 is 14.8. The monoisotopic (exact) mass is 236 g/mol. The fourth-order valence-corrected chi connectivity index (χ4v) is 1.53. The molecular formula is C12H12O5. The fourth-order valence-electron chi connectivity index (χ4n) is 1.53. The van der Waals surface area contributed by atoms with E-state index in [0.717, 1.165) is 0 Å². The lowest BCUT2D eigenvalue weighted by molar-refractivity contribution is -0.137. The molecule has 0 aromatic heterocycles. The summed E-state index contributed by atoms with van der Waals surface area (Å²) >= 11 is 0. The maximum absolute atomic E-state index is 11.2. The van der Waals surface area contributed by atoms with Crippen LogP contribution in [0.4, 0.5) is 0 Å². The highest BCUT2D eigenvalue weighted by atomic mass is 16.7. The molecule has 1 aromatic carbocycles. The largest absolute Gasteiger partial charge is 0.466 e. The van der Waals surface area contributed by atoms with Crippen molar-refractivity contribution in [3.05, 3.63) is 35.9 Å². The Balaban J connectivity index is 2.23. The number of aliphatic hydroxyl groups excluding tert-OH is 1. The van der Waals surface area contributed by atoms with Gasteiger partial charge in [0.15, 0.2) is 11.5 Å². The lowest BCUT2D eigenvalue weighted by Gasteiger charge is -2.12.